The van der Waals surface area contributed by atoms with Crippen molar-refractivity contribution in [2.45, 2.75) is 5.60 Å². The van der Waals surface area contributed by atoms with Crippen molar-refractivity contribution in [3.8, 4) is 0 Å². The van der Waals surface area contributed by atoms with Gasteiger partial charge in [-0.2, -0.15) is 0 Å². The monoisotopic (exact) mass is 403 g/mol. The Labute approximate surface area is 174 Å². The summed E-state index contributed by atoms with van der Waals surface area (Å²) < 4.78 is 9.33. The van der Waals surface area contributed by atoms with Crippen LogP contribution >= 0.6 is 0 Å². The molecule has 0 amide bonds. The molecule has 0 aromatic heterocycles. The normalized spacial score (nSPS) is 10.6. The summed E-state index contributed by atoms with van der Waals surface area (Å²) in [6.45, 7) is 0. The Morgan fingerprint density at radius 3 is 1.27 bits per heavy atom. The van der Waals surface area contributed by atoms with Gasteiger partial charge in [-0.1, -0.05) is 96.2 Å². The quantitative estimate of drug-likeness (QED) is 0.198. The minimum absolute atomic E-state index is 0.591. The molecule has 0 saturated heterocycles. The molecule has 0 radical (unpaired) electrons. The third-order valence-electron chi connectivity index (χ3n) is 4.57. The highest BCUT2D eigenvalue weighted by atomic mass is 16.7. The highest BCUT2D eigenvalue weighted by Gasteiger charge is 2.40. The second kappa shape index (κ2) is 9.52. The van der Waals surface area contributed by atoms with Gasteiger partial charge in [0.15, 0.2) is 0 Å². The summed E-state index contributed by atoms with van der Waals surface area (Å²) in [7, 11) is 2.30. The zero-order valence-corrected chi connectivity index (χ0v) is 16.6. The first-order chi connectivity index (χ1) is 14.6. The number of hydrogen-bond donors (Lipinski definition) is 0. The van der Waals surface area contributed by atoms with Crippen LogP contribution < -0.4 is 0 Å². The Bertz CT molecular complexity index is 903. The Kier molecular flexibility index (Phi) is 6.60. The fraction of sp³-hybridized carbons (Fsp3) is 0.125. The molecular weight excluding hydrogens is 382 g/mol. The van der Waals surface area contributed by atoms with Gasteiger partial charge >= 0.3 is 11.9 Å². The maximum absolute atomic E-state index is 12.1. The number of benzene rings is 3. The zero-order valence-electron chi connectivity index (χ0n) is 16.6. The first-order valence-electron chi connectivity index (χ1n) is 9.23. The number of ether oxygens (including phenoxy) is 2. The number of carbonyl (C=O) groups is 2. The third-order valence-corrected chi connectivity index (χ3v) is 4.57. The van der Waals surface area contributed by atoms with E-state index in [0.29, 0.717) is 0 Å². The second-order valence-electron chi connectivity index (χ2n) is 6.29. The van der Waals surface area contributed by atoms with Gasteiger partial charge in [-0.3, -0.25) is 0 Å². The molecule has 3 aromatic rings. The molecule has 0 spiro atoms. The summed E-state index contributed by atoms with van der Waals surface area (Å²) in [5.41, 5.74) is 0.477. The molecule has 3 rings (SSSR count). The van der Waals surface area contributed by atoms with E-state index in [4.69, 9.17) is 4.84 Å². The summed E-state index contributed by atoms with van der Waals surface area (Å²) in [5, 5.41) is 3.93. The van der Waals surface area contributed by atoms with E-state index < -0.39 is 23.3 Å². The lowest BCUT2D eigenvalue weighted by Crippen LogP contribution is -2.34. The Hall–Kier alpha value is -3.93. The van der Waals surface area contributed by atoms with Crippen LogP contribution in [0.15, 0.2) is 96.2 Å². The SMILES string of the molecule is COC(=O)C(=NOC(c1ccccc1)(c1ccccc1)c1ccccc1)C(=O)OC. The van der Waals surface area contributed by atoms with E-state index in [9.17, 15) is 9.59 Å². The van der Waals surface area contributed by atoms with Crippen molar-refractivity contribution in [1.82, 2.24) is 0 Å². The van der Waals surface area contributed by atoms with Crippen LogP contribution in [0.1, 0.15) is 16.7 Å². The molecule has 0 aliphatic carbocycles. The predicted molar refractivity (Wildman–Crippen MR) is 112 cm³/mol. The van der Waals surface area contributed by atoms with Crippen molar-refractivity contribution in [2.75, 3.05) is 14.2 Å². The molecule has 0 heterocycles. The van der Waals surface area contributed by atoms with Gasteiger partial charge in [0.1, 0.15) is 0 Å². The molecule has 6 heteroatoms. The number of methoxy groups -OCH3 is 2. The predicted octanol–water partition coefficient (Wildman–Crippen LogP) is 3.70. The van der Waals surface area contributed by atoms with E-state index in [-0.39, 0.29) is 0 Å². The molecule has 0 bridgehead atoms. The lowest BCUT2D eigenvalue weighted by molar-refractivity contribution is -0.138. The molecule has 0 fully saturated rings. The van der Waals surface area contributed by atoms with Crippen LogP contribution in [0.5, 0.6) is 0 Å². The smallest absolute Gasteiger partial charge is 0.367 e. The van der Waals surface area contributed by atoms with Gasteiger partial charge in [0.25, 0.3) is 5.71 Å². The lowest BCUT2D eigenvalue weighted by atomic mass is 9.80. The van der Waals surface area contributed by atoms with Gasteiger partial charge in [0.05, 0.1) is 14.2 Å². The average Bonchev–Trinajstić information content (AvgIpc) is 2.83. The maximum Gasteiger partial charge on any atom is 0.367 e. The van der Waals surface area contributed by atoms with E-state index in [1.54, 1.807) is 0 Å². The second-order valence-corrected chi connectivity index (χ2v) is 6.29. The zero-order chi connectivity index (χ0) is 21.4. The summed E-state index contributed by atoms with van der Waals surface area (Å²) in [6, 6.07) is 28.3. The molecule has 0 aliphatic rings. The van der Waals surface area contributed by atoms with Crippen LogP contribution in [0.4, 0.5) is 0 Å². The van der Waals surface area contributed by atoms with Gasteiger partial charge in [-0.25, -0.2) is 9.59 Å². The van der Waals surface area contributed by atoms with E-state index in [1.165, 1.54) is 0 Å². The van der Waals surface area contributed by atoms with E-state index in [1.807, 2.05) is 91.0 Å². The summed E-state index contributed by atoms with van der Waals surface area (Å²) in [6.07, 6.45) is 0. The lowest BCUT2D eigenvalue weighted by Gasteiger charge is -2.33. The van der Waals surface area contributed by atoms with Gasteiger partial charge in [0.2, 0.25) is 5.60 Å². The van der Waals surface area contributed by atoms with Crippen LogP contribution in [0, 0.1) is 0 Å². The number of esters is 2. The summed E-state index contributed by atoms with van der Waals surface area (Å²) in [4.78, 5) is 30.3. The number of rotatable bonds is 7. The van der Waals surface area contributed by atoms with Gasteiger partial charge < -0.3 is 14.3 Å². The summed E-state index contributed by atoms with van der Waals surface area (Å²) >= 11 is 0. The van der Waals surface area contributed by atoms with Crippen molar-refractivity contribution in [2.24, 2.45) is 5.16 Å². The maximum atomic E-state index is 12.1. The van der Waals surface area contributed by atoms with Crippen molar-refractivity contribution in [3.63, 3.8) is 0 Å². The largest absolute Gasteiger partial charge is 0.464 e. The highest BCUT2D eigenvalue weighted by Crippen LogP contribution is 2.40. The molecule has 0 saturated carbocycles. The van der Waals surface area contributed by atoms with Crippen molar-refractivity contribution >= 4 is 17.7 Å². The molecule has 0 aliphatic heterocycles. The van der Waals surface area contributed by atoms with Gasteiger partial charge in [0, 0.05) is 16.7 Å². The van der Waals surface area contributed by atoms with Crippen molar-refractivity contribution in [3.05, 3.63) is 108 Å². The molecule has 0 unspecified atom stereocenters. The van der Waals surface area contributed by atoms with E-state index in [2.05, 4.69) is 14.6 Å². The standard InChI is InChI=1S/C24H21NO5/c1-28-22(26)21(23(27)29-2)25-30-24(18-12-6-3-7-13-18,19-14-8-4-9-15-19)20-16-10-5-11-17-20/h3-17H,1-2H3. The number of oxime groups is 1. The minimum atomic E-state index is -1.23. The first-order valence-corrected chi connectivity index (χ1v) is 9.23. The van der Waals surface area contributed by atoms with Crippen LogP contribution in [-0.2, 0) is 29.5 Å². The Balaban J connectivity index is 2.27. The van der Waals surface area contributed by atoms with Crippen molar-refractivity contribution in [1.29, 1.82) is 0 Å². The van der Waals surface area contributed by atoms with Crippen LogP contribution in [0.3, 0.4) is 0 Å². The molecule has 30 heavy (non-hydrogen) atoms. The molecule has 152 valence electrons. The van der Waals surface area contributed by atoms with E-state index >= 15 is 0 Å². The molecule has 6 nitrogen and oxygen atoms in total. The average molecular weight is 403 g/mol. The number of hydrogen-bond acceptors (Lipinski definition) is 6. The van der Waals surface area contributed by atoms with Crippen LogP contribution in [0.2, 0.25) is 0 Å². The fourth-order valence-electron chi connectivity index (χ4n) is 3.14. The topological polar surface area (TPSA) is 74.2 Å². The van der Waals surface area contributed by atoms with Crippen LogP contribution in [-0.4, -0.2) is 31.9 Å². The van der Waals surface area contributed by atoms with Crippen LogP contribution in [0.25, 0.3) is 0 Å². The van der Waals surface area contributed by atoms with Gasteiger partial charge in [-0.15, -0.1) is 0 Å². The van der Waals surface area contributed by atoms with E-state index in [0.717, 1.165) is 30.9 Å². The minimum Gasteiger partial charge on any atom is -0.464 e. The fourth-order valence-corrected chi connectivity index (χ4v) is 3.14. The van der Waals surface area contributed by atoms with Crippen molar-refractivity contribution < 1.29 is 23.9 Å². The molecule has 0 atom stereocenters. The molecular formula is C24H21NO5. The summed E-state index contributed by atoms with van der Waals surface area (Å²) in [5.74, 6) is -1.91. The Morgan fingerprint density at radius 2 is 0.967 bits per heavy atom. The van der Waals surface area contributed by atoms with Gasteiger partial charge in [-0.05, 0) is 0 Å². The molecule has 3 aromatic carbocycles. The number of nitrogens with zero attached hydrogens (tertiary/aromatic N) is 1. The third kappa shape index (κ3) is 4.07. The first kappa shape index (κ1) is 20.8. The molecule has 0 N–H and O–H groups in total. The number of carbonyl (C=O) groups excluding carboxylic acids is 2. The highest BCUT2D eigenvalue weighted by molar-refractivity contribution is 6.62. The Morgan fingerprint density at radius 1 is 0.633 bits per heavy atom.